The zero-order valence-electron chi connectivity index (χ0n) is 14.4. The number of aromatic nitrogens is 2. The Morgan fingerprint density at radius 2 is 1.89 bits per heavy atom. The van der Waals surface area contributed by atoms with Crippen molar-refractivity contribution in [3.05, 3.63) is 77.6 Å². The highest BCUT2D eigenvalue weighted by atomic mass is 19.4. The molecule has 0 aliphatic heterocycles. The maximum atomic E-state index is 13.5. The molecule has 9 heteroatoms. The molecule has 0 aliphatic carbocycles. The van der Waals surface area contributed by atoms with Crippen LogP contribution >= 0.6 is 0 Å². The van der Waals surface area contributed by atoms with E-state index in [1.807, 2.05) is 0 Å². The molecule has 3 rings (SSSR count). The number of hydrogen-bond donors (Lipinski definition) is 2. The van der Waals surface area contributed by atoms with Crippen molar-refractivity contribution in [3.63, 3.8) is 0 Å². The summed E-state index contributed by atoms with van der Waals surface area (Å²) in [4.78, 5) is 23.4. The Morgan fingerprint density at radius 1 is 1.11 bits per heavy atom. The normalized spacial score (nSPS) is 11.2. The minimum absolute atomic E-state index is 0.209. The summed E-state index contributed by atoms with van der Waals surface area (Å²) in [5, 5.41) is 6.18. The number of carbonyl (C=O) groups excluding carboxylic acids is 2. The number of nitrogens with one attached hydrogen (secondary N) is 1. The predicted molar refractivity (Wildman–Crippen MR) is 95.9 cm³/mol. The topological polar surface area (TPSA) is 90.0 Å². The molecule has 3 N–H and O–H groups in total. The highest BCUT2D eigenvalue weighted by molar-refractivity contribution is 5.95. The summed E-state index contributed by atoms with van der Waals surface area (Å²) < 4.78 is 41.7. The molecular formula is C19H15F3N4O2. The van der Waals surface area contributed by atoms with Crippen molar-refractivity contribution in [1.82, 2.24) is 9.78 Å². The van der Waals surface area contributed by atoms with Crippen molar-refractivity contribution >= 4 is 17.5 Å². The maximum Gasteiger partial charge on any atom is 0.418 e. The van der Waals surface area contributed by atoms with Gasteiger partial charge in [-0.15, -0.1) is 0 Å². The zero-order chi connectivity index (χ0) is 20.3. The Hall–Kier alpha value is -3.62. The van der Waals surface area contributed by atoms with E-state index >= 15 is 0 Å². The lowest BCUT2D eigenvalue weighted by Gasteiger charge is -2.15. The number of halogens is 3. The second kappa shape index (κ2) is 7.55. The van der Waals surface area contributed by atoms with E-state index in [-0.39, 0.29) is 23.4 Å². The van der Waals surface area contributed by atoms with E-state index in [4.69, 9.17) is 5.73 Å². The van der Waals surface area contributed by atoms with E-state index in [1.165, 1.54) is 41.3 Å². The van der Waals surface area contributed by atoms with Crippen LogP contribution in [0.15, 0.2) is 60.9 Å². The first-order chi connectivity index (χ1) is 13.2. The average Bonchev–Trinajstić information content (AvgIpc) is 3.16. The third kappa shape index (κ3) is 4.37. The van der Waals surface area contributed by atoms with Crippen molar-refractivity contribution < 1.29 is 22.8 Å². The predicted octanol–water partition coefficient (Wildman–Crippen LogP) is 3.17. The van der Waals surface area contributed by atoms with E-state index < -0.39 is 23.6 Å². The summed E-state index contributed by atoms with van der Waals surface area (Å²) in [7, 11) is 0. The van der Waals surface area contributed by atoms with Gasteiger partial charge in [0.05, 0.1) is 23.4 Å². The minimum atomic E-state index is -4.67. The van der Waals surface area contributed by atoms with Gasteiger partial charge in [-0.2, -0.15) is 18.3 Å². The maximum absolute atomic E-state index is 13.5. The fourth-order valence-electron chi connectivity index (χ4n) is 2.65. The Morgan fingerprint density at radius 3 is 2.54 bits per heavy atom. The lowest BCUT2D eigenvalue weighted by molar-refractivity contribution is -0.137. The van der Waals surface area contributed by atoms with Crippen LogP contribution in [0.1, 0.15) is 21.5 Å². The van der Waals surface area contributed by atoms with Gasteiger partial charge in [-0.05, 0) is 42.0 Å². The van der Waals surface area contributed by atoms with Crippen molar-refractivity contribution in [1.29, 1.82) is 0 Å². The number of anilines is 1. The molecular weight excluding hydrogens is 373 g/mol. The molecule has 1 heterocycles. The molecule has 0 saturated heterocycles. The van der Waals surface area contributed by atoms with E-state index in [0.717, 1.165) is 6.07 Å². The Labute approximate surface area is 157 Å². The third-order valence-electron chi connectivity index (χ3n) is 3.93. The number of primary amides is 1. The number of carbonyl (C=O) groups is 2. The number of nitrogens with zero attached hydrogens (tertiary/aromatic N) is 2. The second-order valence-electron chi connectivity index (χ2n) is 5.97. The van der Waals surface area contributed by atoms with E-state index in [1.54, 1.807) is 18.2 Å². The Bertz CT molecular complexity index is 1010. The number of alkyl halides is 3. The molecule has 0 unspecified atom stereocenters. The van der Waals surface area contributed by atoms with Crippen molar-refractivity contribution in [2.45, 2.75) is 12.6 Å². The van der Waals surface area contributed by atoms with Gasteiger partial charge in [0.2, 0.25) is 11.8 Å². The molecule has 144 valence electrons. The molecule has 28 heavy (non-hydrogen) atoms. The van der Waals surface area contributed by atoms with Crippen LogP contribution in [-0.4, -0.2) is 21.6 Å². The molecule has 2 amide bonds. The standard InChI is InChI=1S/C19H15F3N4O2/c20-19(21,22)15-11-14(26-8-2-7-24-26)5-6-16(15)25-17(27)10-12-3-1-4-13(9-12)18(23)28/h1-9,11H,10H2,(H2,23,28)(H,25,27). The van der Waals surface area contributed by atoms with Gasteiger partial charge >= 0.3 is 6.18 Å². The van der Waals surface area contributed by atoms with Crippen LogP contribution in [0.5, 0.6) is 0 Å². The summed E-state index contributed by atoms with van der Waals surface area (Å²) in [6, 6.07) is 11.1. The molecule has 2 aromatic carbocycles. The number of rotatable bonds is 5. The molecule has 0 atom stereocenters. The van der Waals surface area contributed by atoms with E-state index in [2.05, 4.69) is 10.4 Å². The van der Waals surface area contributed by atoms with Crippen LogP contribution in [-0.2, 0) is 17.4 Å². The van der Waals surface area contributed by atoms with Gasteiger partial charge < -0.3 is 11.1 Å². The number of amides is 2. The van der Waals surface area contributed by atoms with Crippen LogP contribution in [0.3, 0.4) is 0 Å². The summed E-state index contributed by atoms with van der Waals surface area (Å²) in [5.74, 6) is -1.31. The van der Waals surface area contributed by atoms with Crippen molar-refractivity contribution in [2.75, 3.05) is 5.32 Å². The summed E-state index contributed by atoms with van der Waals surface area (Å²) in [6.45, 7) is 0. The molecule has 0 radical (unpaired) electrons. The van der Waals surface area contributed by atoms with Crippen LogP contribution in [0.4, 0.5) is 18.9 Å². The van der Waals surface area contributed by atoms with Crippen molar-refractivity contribution in [3.8, 4) is 5.69 Å². The quantitative estimate of drug-likeness (QED) is 0.704. The lowest BCUT2D eigenvalue weighted by atomic mass is 10.1. The monoisotopic (exact) mass is 388 g/mol. The first-order valence-corrected chi connectivity index (χ1v) is 8.14. The van der Waals surface area contributed by atoms with Gasteiger partial charge in [0.15, 0.2) is 0 Å². The number of benzene rings is 2. The number of hydrogen-bond acceptors (Lipinski definition) is 3. The van der Waals surface area contributed by atoms with E-state index in [0.29, 0.717) is 5.56 Å². The molecule has 6 nitrogen and oxygen atoms in total. The highest BCUT2D eigenvalue weighted by Crippen LogP contribution is 2.36. The van der Waals surface area contributed by atoms with Gasteiger partial charge in [0, 0.05) is 18.0 Å². The van der Waals surface area contributed by atoms with Crippen LogP contribution in [0.2, 0.25) is 0 Å². The lowest BCUT2D eigenvalue weighted by Crippen LogP contribution is -2.19. The average molecular weight is 388 g/mol. The second-order valence-corrected chi connectivity index (χ2v) is 5.97. The summed E-state index contributed by atoms with van der Waals surface area (Å²) in [5.41, 5.74) is 4.72. The molecule has 3 aromatic rings. The minimum Gasteiger partial charge on any atom is -0.366 e. The van der Waals surface area contributed by atoms with Gasteiger partial charge in [-0.25, -0.2) is 4.68 Å². The molecule has 0 saturated carbocycles. The molecule has 0 bridgehead atoms. The smallest absolute Gasteiger partial charge is 0.366 e. The summed E-state index contributed by atoms with van der Waals surface area (Å²) >= 11 is 0. The molecule has 0 fully saturated rings. The fourth-order valence-corrected chi connectivity index (χ4v) is 2.65. The van der Waals surface area contributed by atoms with Gasteiger partial charge in [-0.3, -0.25) is 9.59 Å². The highest BCUT2D eigenvalue weighted by Gasteiger charge is 2.34. The molecule has 0 spiro atoms. The number of nitrogens with two attached hydrogens (primary N) is 1. The van der Waals surface area contributed by atoms with Crippen LogP contribution in [0.25, 0.3) is 5.69 Å². The third-order valence-corrected chi connectivity index (χ3v) is 3.93. The Balaban J connectivity index is 1.84. The van der Waals surface area contributed by atoms with E-state index in [9.17, 15) is 22.8 Å². The van der Waals surface area contributed by atoms with Crippen LogP contribution < -0.4 is 11.1 Å². The SMILES string of the molecule is NC(=O)c1cccc(CC(=O)Nc2ccc(-n3cccn3)cc2C(F)(F)F)c1. The molecule has 0 aliphatic rings. The van der Waals surface area contributed by atoms with Gasteiger partial charge in [0.1, 0.15) is 0 Å². The van der Waals surface area contributed by atoms with Crippen molar-refractivity contribution in [2.24, 2.45) is 5.73 Å². The largest absolute Gasteiger partial charge is 0.418 e. The first-order valence-electron chi connectivity index (χ1n) is 8.14. The van der Waals surface area contributed by atoms with Gasteiger partial charge in [-0.1, -0.05) is 12.1 Å². The first kappa shape index (κ1) is 19.2. The van der Waals surface area contributed by atoms with Gasteiger partial charge in [0.25, 0.3) is 0 Å². The fraction of sp³-hybridized carbons (Fsp3) is 0.105. The summed E-state index contributed by atoms with van der Waals surface area (Å²) in [6.07, 6.45) is -1.92. The zero-order valence-corrected chi connectivity index (χ0v) is 14.4. The Kier molecular flexibility index (Phi) is 5.16. The molecule has 1 aromatic heterocycles. The van der Waals surface area contributed by atoms with Crippen LogP contribution in [0, 0.1) is 0 Å².